The molecule has 1 aromatic carbocycles. The van der Waals surface area contributed by atoms with Crippen LogP contribution in [0.15, 0.2) is 24.3 Å². The van der Waals surface area contributed by atoms with Crippen molar-refractivity contribution in [2.75, 3.05) is 13.2 Å². The average molecular weight is 374 g/mol. The molecular weight excluding hydrogens is 352 g/mol. The normalized spacial score (nSPS) is 18.5. The summed E-state index contributed by atoms with van der Waals surface area (Å²) in [7, 11) is 0. The average Bonchev–Trinajstić information content (AvgIpc) is 3.25. The van der Waals surface area contributed by atoms with Gasteiger partial charge in [-0.1, -0.05) is 25.0 Å². The molecule has 26 heavy (non-hydrogen) atoms. The van der Waals surface area contributed by atoms with E-state index in [0.717, 1.165) is 38.5 Å². The van der Waals surface area contributed by atoms with Gasteiger partial charge in [0.25, 0.3) is 0 Å². The lowest BCUT2D eigenvalue weighted by Crippen LogP contribution is -2.19. The first-order chi connectivity index (χ1) is 12.4. The third-order valence-corrected chi connectivity index (χ3v) is 4.56. The van der Waals surface area contributed by atoms with Gasteiger partial charge in [0.2, 0.25) is 11.6 Å². The Labute approximate surface area is 149 Å². The summed E-state index contributed by atoms with van der Waals surface area (Å²) >= 11 is 0. The molecule has 3 rings (SSSR count). The quantitative estimate of drug-likeness (QED) is 0.435. The van der Waals surface area contributed by atoms with E-state index in [1.54, 1.807) is 6.08 Å². The van der Waals surface area contributed by atoms with E-state index in [2.05, 4.69) is 4.74 Å². The maximum Gasteiger partial charge on any atom is 0.573 e. The molecule has 0 saturated heterocycles. The van der Waals surface area contributed by atoms with Gasteiger partial charge >= 0.3 is 6.36 Å². The number of halogens is 4. The lowest BCUT2D eigenvalue weighted by atomic mass is 10.1. The number of benzene rings is 1. The zero-order valence-electron chi connectivity index (χ0n) is 14.4. The molecule has 0 unspecified atom stereocenters. The van der Waals surface area contributed by atoms with Crippen molar-refractivity contribution in [1.82, 2.24) is 0 Å². The zero-order valence-corrected chi connectivity index (χ0v) is 14.4. The fourth-order valence-corrected chi connectivity index (χ4v) is 3.02. The second kappa shape index (κ2) is 8.18. The maximum absolute atomic E-state index is 14.5. The van der Waals surface area contributed by atoms with Crippen LogP contribution in [0.3, 0.4) is 0 Å². The Morgan fingerprint density at radius 1 is 1.00 bits per heavy atom. The Hall–Kier alpha value is -1.92. The van der Waals surface area contributed by atoms with Crippen LogP contribution in [0.2, 0.25) is 0 Å². The molecule has 0 aromatic heterocycles. The van der Waals surface area contributed by atoms with Crippen LogP contribution in [-0.4, -0.2) is 19.6 Å². The van der Waals surface area contributed by atoms with Crippen molar-refractivity contribution in [3.05, 3.63) is 30.1 Å². The number of allylic oxidation sites excluding steroid dienone is 1. The smallest absolute Gasteiger partial charge is 0.489 e. The Bertz CT molecular complexity index is 632. The summed E-state index contributed by atoms with van der Waals surface area (Å²) in [5.41, 5.74) is 0. The Balaban J connectivity index is 1.70. The lowest BCUT2D eigenvalue weighted by Gasteiger charge is -2.18. The summed E-state index contributed by atoms with van der Waals surface area (Å²) < 4.78 is 67.1. The molecule has 2 fully saturated rings. The molecule has 0 N–H and O–H groups in total. The summed E-state index contributed by atoms with van der Waals surface area (Å²) in [4.78, 5) is 0. The van der Waals surface area contributed by atoms with Gasteiger partial charge in [-0.3, -0.25) is 0 Å². The van der Waals surface area contributed by atoms with Gasteiger partial charge in [-0.15, -0.1) is 13.2 Å². The molecule has 0 amide bonds. The minimum Gasteiger partial charge on any atom is -0.489 e. The van der Waals surface area contributed by atoms with Crippen LogP contribution in [0.25, 0.3) is 0 Å². The summed E-state index contributed by atoms with van der Waals surface area (Å²) in [5, 5.41) is 0. The van der Waals surface area contributed by atoms with Crippen molar-refractivity contribution >= 4 is 0 Å². The second-order valence-corrected chi connectivity index (χ2v) is 6.79. The van der Waals surface area contributed by atoms with Crippen LogP contribution in [0.5, 0.6) is 17.2 Å². The third-order valence-electron chi connectivity index (χ3n) is 4.56. The molecule has 7 heteroatoms. The van der Waals surface area contributed by atoms with Crippen molar-refractivity contribution in [2.24, 2.45) is 11.8 Å². The molecule has 2 aliphatic rings. The number of alkyl halides is 3. The predicted octanol–water partition coefficient (Wildman–Crippen LogP) is 5.64. The first-order valence-corrected chi connectivity index (χ1v) is 8.93. The molecule has 0 radical (unpaired) electrons. The third kappa shape index (κ3) is 5.54. The number of ether oxygens (including phenoxy) is 3. The van der Waals surface area contributed by atoms with Gasteiger partial charge in [0, 0.05) is 0 Å². The van der Waals surface area contributed by atoms with Crippen LogP contribution in [0, 0.1) is 17.7 Å². The molecule has 0 spiro atoms. The highest BCUT2D eigenvalue weighted by atomic mass is 19.4. The van der Waals surface area contributed by atoms with E-state index in [1.165, 1.54) is 12.1 Å². The molecule has 2 saturated carbocycles. The van der Waals surface area contributed by atoms with Crippen molar-refractivity contribution in [3.63, 3.8) is 0 Å². The van der Waals surface area contributed by atoms with Crippen molar-refractivity contribution in [1.29, 1.82) is 0 Å². The summed E-state index contributed by atoms with van der Waals surface area (Å²) in [6, 6.07) is 2.53. The monoisotopic (exact) mass is 374 g/mol. The summed E-state index contributed by atoms with van der Waals surface area (Å²) in [5.74, 6) is -1.91. The van der Waals surface area contributed by atoms with Crippen LogP contribution in [0.1, 0.15) is 38.5 Å². The SMILES string of the molecule is Fc1c(OC/C=C/C2CC2)ccc(OCC2CCCC2)c1OC(F)(F)F. The van der Waals surface area contributed by atoms with Gasteiger partial charge in [0.15, 0.2) is 11.5 Å². The molecule has 1 aromatic rings. The highest BCUT2D eigenvalue weighted by molar-refractivity contribution is 5.47. The molecular formula is C19H22F4O3. The first-order valence-electron chi connectivity index (χ1n) is 8.93. The van der Waals surface area contributed by atoms with Gasteiger partial charge < -0.3 is 14.2 Å². The van der Waals surface area contributed by atoms with Gasteiger partial charge in [-0.05, 0) is 49.7 Å². The molecule has 0 aliphatic heterocycles. The number of rotatable bonds is 8. The van der Waals surface area contributed by atoms with E-state index in [-0.39, 0.29) is 30.6 Å². The minimum absolute atomic E-state index is 0.0845. The van der Waals surface area contributed by atoms with Crippen molar-refractivity contribution < 1.29 is 31.8 Å². The maximum atomic E-state index is 14.5. The van der Waals surface area contributed by atoms with Gasteiger partial charge in [0.05, 0.1) is 6.61 Å². The minimum atomic E-state index is -5.02. The van der Waals surface area contributed by atoms with Crippen molar-refractivity contribution in [2.45, 2.75) is 44.9 Å². The Morgan fingerprint density at radius 3 is 2.35 bits per heavy atom. The number of hydrogen-bond acceptors (Lipinski definition) is 3. The Kier molecular flexibility index (Phi) is 5.94. The molecule has 144 valence electrons. The van der Waals surface area contributed by atoms with Gasteiger partial charge in [-0.25, -0.2) is 0 Å². The number of hydrogen-bond donors (Lipinski definition) is 0. The van der Waals surface area contributed by atoms with E-state index < -0.39 is 17.9 Å². The second-order valence-electron chi connectivity index (χ2n) is 6.79. The van der Waals surface area contributed by atoms with E-state index in [0.29, 0.717) is 5.92 Å². The standard InChI is InChI=1S/C19H22F4O3/c20-17-15(24-11-3-6-13-7-8-13)9-10-16(18(17)26-19(21,22)23)25-12-14-4-1-2-5-14/h3,6,9-10,13-14H,1-2,4-5,7-8,11-12H2/b6-3+. The van der Waals surface area contributed by atoms with E-state index >= 15 is 0 Å². The Morgan fingerprint density at radius 2 is 1.69 bits per heavy atom. The van der Waals surface area contributed by atoms with Crippen LogP contribution in [0.4, 0.5) is 17.6 Å². The van der Waals surface area contributed by atoms with Gasteiger partial charge in [-0.2, -0.15) is 4.39 Å². The fourth-order valence-electron chi connectivity index (χ4n) is 3.02. The summed E-state index contributed by atoms with van der Waals surface area (Å²) in [6.45, 7) is 0.332. The van der Waals surface area contributed by atoms with Crippen molar-refractivity contribution in [3.8, 4) is 17.2 Å². The van der Waals surface area contributed by atoms with E-state index in [9.17, 15) is 17.6 Å². The first kappa shape index (κ1) is 18.9. The van der Waals surface area contributed by atoms with Crippen LogP contribution in [-0.2, 0) is 0 Å². The highest BCUT2D eigenvalue weighted by Crippen LogP contribution is 2.40. The largest absolute Gasteiger partial charge is 0.573 e. The highest BCUT2D eigenvalue weighted by Gasteiger charge is 2.35. The molecule has 0 bridgehead atoms. The van der Waals surface area contributed by atoms with E-state index in [4.69, 9.17) is 9.47 Å². The van der Waals surface area contributed by atoms with E-state index in [1.807, 2.05) is 6.08 Å². The zero-order chi connectivity index (χ0) is 18.6. The summed E-state index contributed by atoms with van der Waals surface area (Å²) in [6.07, 6.45) is 5.03. The molecule has 0 heterocycles. The predicted molar refractivity (Wildman–Crippen MR) is 87.9 cm³/mol. The molecule has 0 atom stereocenters. The topological polar surface area (TPSA) is 27.7 Å². The fraction of sp³-hybridized carbons (Fsp3) is 0.579. The van der Waals surface area contributed by atoms with Crippen LogP contribution < -0.4 is 14.2 Å². The lowest BCUT2D eigenvalue weighted by molar-refractivity contribution is -0.276. The molecule has 3 nitrogen and oxygen atoms in total. The van der Waals surface area contributed by atoms with Crippen LogP contribution >= 0.6 is 0 Å². The molecule has 2 aliphatic carbocycles. The van der Waals surface area contributed by atoms with Gasteiger partial charge in [0.1, 0.15) is 6.61 Å².